The molecule has 2 aromatic heterocycles. The Bertz CT molecular complexity index is 1000. The average molecular weight is 490 g/mol. The molecule has 0 aliphatic rings. The predicted octanol–water partition coefficient (Wildman–Crippen LogP) is 4.15. The maximum Gasteiger partial charge on any atom is 0.422 e. The molecule has 8 nitrogen and oxygen atoms in total. The van der Waals surface area contributed by atoms with Crippen LogP contribution in [0.1, 0.15) is 42.7 Å². The van der Waals surface area contributed by atoms with E-state index >= 15 is 0 Å². The van der Waals surface area contributed by atoms with Crippen molar-refractivity contribution in [3.05, 3.63) is 41.6 Å². The van der Waals surface area contributed by atoms with Gasteiger partial charge in [-0.2, -0.15) is 18.2 Å². The number of halogens is 5. The molecule has 0 fully saturated rings. The van der Waals surface area contributed by atoms with Gasteiger partial charge in [-0.25, -0.2) is 13.8 Å². The highest BCUT2D eigenvalue weighted by Gasteiger charge is 2.29. The Labute approximate surface area is 191 Å². The molecule has 1 atom stereocenters. The van der Waals surface area contributed by atoms with Crippen molar-refractivity contribution in [2.45, 2.75) is 39.4 Å². The van der Waals surface area contributed by atoms with Crippen molar-refractivity contribution in [1.29, 1.82) is 0 Å². The zero-order chi connectivity index (χ0) is 25.5. The first-order valence-corrected chi connectivity index (χ1v) is 10.0. The molecule has 2 N–H and O–H groups in total. The lowest BCUT2D eigenvalue weighted by molar-refractivity contribution is -0.154. The van der Waals surface area contributed by atoms with Gasteiger partial charge in [0.15, 0.2) is 13.2 Å². The zero-order valence-electron chi connectivity index (χ0n) is 18.5. The van der Waals surface area contributed by atoms with E-state index in [-0.39, 0.29) is 23.2 Å². The Morgan fingerprint density at radius 1 is 1.09 bits per heavy atom. The fraction of sp³-hybridized carbons (Fsp3) is 0.429. The molecular weight excluding hydrogens is 467 g/mol. The fourth-order valence-electron chi connectivity index (χ4n) is 2.50. The molecule has 13 heteroatoms. The van der Waals surface area contributed by atoms with E-state index in [2.05, 4.69) is 25.3 Å². The number of nitrogens with zero attached hydrogens (tertiary/aromatic N) is 2. The van der Waals surface area contributed by atoms with Crippen LogP contribution in [0, 0.1) is 5.92 Å². The average Bonchev–Trinajstić information content (AvgIpc) is 2.75. The number of carbonyl (C=O) groups is 2. The van der Waals surface area contributed by atoms with Crippen LogP contribution in [0.25, 0.3) is 0 Å². The van der Waals surface area contributed by atoms with E-state index in [0.29, 0.717) is 5.56 Å². The molecular formula is C21H23F5N4O4. The number of anilines is 1. The van der Waals surface area contributed by atoms with Gasteiger partial charge in [0.2, 0.25) is 17.7 Å². The van der Waals surface area contributed by atoms with Crippen LogP contribution in [0.15, 0.2) is 30.5 Å². The lowest BCUT2D eigenvalue weighted by atomic mass is 10.1. The summed E-state index contributed by atoms with van der Waals surface area (Å²) in [5.41, 5.74) is 0.282. The number of aromatic nitrogens is 2. The van der Waals surface area contributed by atoms with Crippen molar-refractivity contribution in [3.63, 3.8) is 0 Å². The Morgan fingerprint density at radius 2 is 1.79 bits per heavy atom. The number of amides is 2. The summed E-state index contributed by atoms with van der Waals surface area (Å²) in [5.74, 6) is -2.19. The van der Waals surface area contributed by atoms with Gasteiger partial charge in [-0.15, -0.1) is 0 Å². The second-order valence-electron chi connectivity index (χ2n) is 7.42. The van der Waals surface area contributed by atoms with Gasteiger partial charge >= 0.3 is 6.18 Å². The highest BCUT2D eigenvalue weighted by atomic mass is 19.4. The number of hydrogen-bond donors (Lipinski definition) is 2. The van der Waals surface area contributed by atoms with Gasteiger partial charge in [-0.05, 0) is 30.7 Å². The number of pyridine rings is 2. The van der Waals surface area contributed by atoms with Crippen LogP contribution in [-0.4, -0.2) is 47.6 Å². The van der Waals surface area contributed by atoms with E-state index in [0.717, 1.165) is 12.1 Å². The molecule has 0 aromatic carbocycles. The highest BCUT2D eigenvalue weighted by molar-refractivity contribution is 5.96. The maximum atomic E-state index is 12.7. The largest absolute Gasteiger partial charge is 0.471 e. The van der Waals surface area contributed by atoms with Crippen molar-refractivity contribution in [2.75, 3.05) is 18.5 Å². The summed E-state index contributed by atoms with van der Waals surface area (Å²) in [4.78, 5) is 32.3. The molecule has 2 heterocycles. The van der Waals surface area contributed by atoms with Gasteiger partial charge in [-0.1, -0.05) is 13.8 Å². The summed E-state index contributed by atoms with van der Waals surface area (Å²) in [6.45, 7) is 2.25. The van der Waals surface area contributed by atoms with Crippen molar-refractivity contribution in [1.82, 2.24) is 15.3 Å². The molecule has 2 aromatic rings. The lowest BCUT2D eigenvalue weighted by Crippen LogP contribution is -2.28. The van der Waals surface area contributed by atoms with Crippen LogP contribution in [0.4, 0.5) is 27.8 Å². The molecule has 0 bridgehead atoms. The minimum absolute atomic E-state index is 0.249. The molecule has 0 aliphatic heterocycles. The summed E-state index contributed by atoms with van der Waals surface area (Å²) in [5, 5.41) is 5.24. The summed E-state index contributed by atoms with van der Waals surface area (Å²) in [6, 6.07) is 4.56. The Hall–Kier alpha value is -3.51. The quantitative estimate of drug-likeness (QED) is 0.486. The Kier molecular flexibility index (Phi) is 9.10. The normalized spacial score (nSPS) is 12.4. The highest BCUT2D eigenvalue weighted by Crippen LogP contribution is 2.24. The monoisotopic (exact) mass is 490 g/mol. The van der Waals surface area contributed by atoms with E-state index in [4.69, 9.17) is 4.74 Å². The zero-order valence-corrected chi connectivity index (χ0v) is 18.5. The minimum atomic E-state index is -4.64. The van der Waals surface area contributed by atoms with Crippen molar-refractivity contribution >= 4 is 17.6 Å². The fourth-order valence-corrected chi connectivity index (χ4v) is 2.50. The molecule has 0 radical (unpaired) electrons. The number of hydrogen-bond acceptors (Lipinski definition) is 6. The topological polar surface area (TPSA) is 102 Å². The van der Waals surface area contributed by atoms with Crippen LogP contribution in [0.3, 0.4) is 0 Å². The van der Waals surface area contributed by atoms with Crippen molar-refractivity contribution < 1.29 is 41.0 Å². The van der Waals surface area contributed by atoms with Gasteiger partial charge in [-0.3, -0.25) is 9.59 Å². The maximum absolute atomic E-state index is 12.7. The molecule has 2 amide bonds. The summed E-state index contributed by atoms with van der Waals surface area (Å²) in [6.07, 6.45) is -6.12. The Balaban J connectivity index is 2.19. The van der Waals surface area contributed by atoms with E-state index in [1.54, 1.807) is 32.9 Å². The van der Waals surface area contributed by atoms with Crippen molar-refractivity contribution in [2.24, 2.45) is 5.92 Å². The third kappa shape index (κ3) is 8.45. The van der Waals surface area contributed by atoms with Gasteiger partial charge in [0.1, 0.15) is 11.4 Å². The van der Waals surface area contributed by atoms with Gasteiger partial charge < -0.3 is 20.1 Å². The van der Waals surface area contributed by atoms with Crippen molar-refractivity contribution in [3.8, 4) is 11.8 Å². The van der Waals surface area contributed by atoms with E-state index < -0.39 is 49.5 Å². The molecule has 0 aliphatic carbocycles. The lowest BCUT2D eigenvalue weighted by Gasteiger charge is -2.17. The Morgan fingerprint density at radius 3 is 2.41 bits per heavy atom. The van der Waals surface area contributed by atoms with Gasteiger partial charge in [0.25, 0.3) is 12.3 Å². The first kappa shape index (κ1) is 26.7. The standard InChI is InChI=1S/C21H23F5N4O4/c1-11(2)18(31)29-16-8-13(6-7-27-16)12(3)28-19(32)14-4-5-17(34-10-21(24,25)26)30-20(14)33-9-15(22)23/h4-8,11-12,15H,9-10H2,1-3H3,(H,28,32)(H,27,29,31). The summed E-state index contributed by atoms with van der Waals surface area (Å²) in [7, 11) is 0. The predicted molar refractivity (Wildman–Crippen MR) is 111 cm³/mol. The minimum Gasteiger partial charge on any atom is -0.471 e. The third-order valence-corrected chi connectivity index (χ3v) is 4.22. The van der Waals surface area contributed by atoms with Crippen LogP contribution in [-0.2, 0) is 4.79 Å². The molecule has 34 heavy (non-hydrogen) atoms. The molecule has 2 rings (SSSR count). The number of ether oxygens (including phenoxy) is 2. The summed E-state index contributed by atoms with van der Waals surface area (Å²) < 4.78 is 71.6. The van der Waals surface area contributed by atoms with Crippen LogP contribution in [0.2, 0.25) is 0 Å². The molecule has 0 spiro atoms. The molecule has 0 saturated heterocycles. The molecule has 186 valence electrons. The summed E-state index contributed by atoms with van der Waals surface area (Å²) >= 11 is 0. The van der Waals surface area contributed by atoms with E-state index in [1.807, 2.05) is 0 Å². The molecule has 0 saturated carbocycles. The number of carbonyl (C=O) groups excluding carboxylic acids is 2. The number of nitrogens with one attached hydrogen (secondary N) is 2. The van der Waals surface area contributed by atoms with Crippen LogP contribution < -0.4 is 20.1 Å². The van der Waals surface area contributed by atoms with Gasteiger partial charge in [0.05, 0.1) is 6.04 Å². The van der Waals surface area contributed by atoms with Crippen LogP contribution >= 0.6 is 0 Å². The smallest absolute Gasteiger partial charge is 0.422 e. The second kappa shape index (κ2) is 11.6. The number of alkyl halides is 5. The van der Waals surface area contributed by atoms with E-state index in [1.165, 1.54) is 6.20 Å². The number of rotatable bonds is 10. The first-order chi connectivity index (χ1) is 15.9. The third-order valence-electron chi connectivity index (χ3n) is 4.22. The first-order valence-electron chi connectivity index (χ1n) is 10.0. The van der Waals surface area contributed by atoms with Gasteiger partial charge in [0, 0.05) is 18.2 Å². The van der Waals surface area contributed by atoms with Crippen LogP contribution in [0.5, 0.6) is 11.8 Å². The second-order valence-corrected chi connectivity index (χ2v) is 7.42. The SMILES string of the molecule is CC(C)C(=O)Nc1cc(C(C)NC(=O)c2ccc(OCC(F)(F)F)nc2OCC(F)F)ccn1. The molecule has 1 unspecified atom stereocenters. The van der Waals surface area contributed by atoms with E-state index in [9.17, 15) is 31.5 Å².